The zero-order chi connectivity index (χ0) is 19.5. The molecule has 0 radical (unpaired) electrons. The molecule has 2 aromatic carbocycles. The lowest BCUT2D eigenvalue weighted by Gasteiger charge is -2.12. The molecule has 1 N–H and O–H groups in total. The van der Waals surface area contributed by atoms with Crippen LogP contribution in [0, 0.1) is 5.92 Å². The summed E-state index contributed by atoms with van der Waals surface area (Å²) >= 11 is 5.88. The Bertz CT molecular complexity index is 1100. The highest BCUT2D eigenvalue weighted by molar-refractivity contribution is 6.30. The zero-order valence-electron chi connectivity index (χ0n) is 15.2. The molecule has 0 saturated carbocycles. The second-order valence-electron chi connectivity index (χ2n) is 6.53. The minimum Gasteiger partial charge on any atom is -0.348 e. The Hall–Kier alpha value is -3.19. The number of benzene rings is 2. The number of para-hydroxylation sites is 2. The van der Waals surface area contributed by atoms with Crippen LogP contribution in [0.1, 0.15) is 12.7 Å². The number of nitrogens with one attached hydrogen (secondary N) is 1. The van der Waals surface area contributed by atoms with Gasteiger partial charge < -0.3 is 14.4 Å². The first-order chi connectivity index (χ1) is 13.6. The number of aromatic nitrogens is 4. The summed E-state index contributed by atoms with van der Waals surface area (Å²) < 4.78 is 7.23. The van der Waals surface area contributed by atoms with Crippen LogP contribution in [0.5, 0.6) is 0 Å². The Morgan fingerprint density at radius 3 is 2.82 bits per heavy atom. The Kier molecular flexibility index (Phi) is 5.08. The number of carbonyl (C=O) groups is 1. The van der Waals surface area contributed by atoms with E-state index in [1.54, 1.807) is 30.6 Å². The van der Waals surface area contributed by atoms with Gasteiger partial charge in [-0.1, -0.05) is 35.8 Å². The molecule has 0 bridgehead atoms. The van der Waals surface area contributed by atoms with Gasteiger partial charge in [0.25, 0.3) is 5.89 Å². The molecule has 0 aliphatic carbocycles. The summed E-state index contributed by atoms with van der Waals surface area (Å²) in [5.41, 5.74) is 2.69. The number of amides is 1. The fourth-order valence-electron chi connectivity index (χ4n) is 2.91. The molecule has 0 fully saturated rings. The van der Waals surface area contributed by atoms with Gasteiger partial charge in [0.1, 0.15) is 0 Å². The summed E-state index contributed by atoms with van der Waals surface area (Å²) in [6.07, 6.45) is 1.76. The molecule has 0 saturated heterocycles. The summed E-state index contributed by atoms with van der Waals surface area (Å²) in [7, 11) is 0. The number of fused-ring (bicyclic) bond motifs is 1. The number of hydrogen-bond acceptors (Lipinski definition) is 5. The van der Waals surface area contributed by atoms with E-state index in [0.717, 1.165) is 16.6 Å². The number of halogens is 1. The first-order valence-corrected chi connectivity index (χ1v) is 9.24. The van der Waals surface area contributed by atoms with Crippen molar-refractivity contribution in [2.24, 2.45) is 5.92 Å². The maximum atomic E-state index is 12.4. The number of hydrogen-bond donors (Lipinski definition) is 1. The molecule has 0 aliphatic rings. The number of imidazole rings is 1. The zero-order valence-corrected chi connectivity index (χ0v) is 15.9. The number of nitrogens with zero attached hydrogens (tertiary/aromatic N) is 4. The summed E-state index contributed by atoms with van der Waals surface area (Å²) in [4.78, 5) is 21.1. The van der Waals surface area contributed by atoms with Crippen molar-refractivity contribution >= 4 is 28.5 Å². The predicted octanol–water partition coefficient (Wildman–Crippen LogP) is 3.69. The maximum Gasteiger partial charge on any atom is 0.257 e. The van der Waals surface area contributed by atoms with Crippen LogP contribution in [0.3, 0.4) is 0 Å². The molecule has 7 nitrogen and oxygen atoms in total. The molecule has 1 atom stereocenters. The third-order valence-corrected chi connectivity index (χ3v) is 4.68. The highest BCUT2D eigenvalue weighted by atomic mass is 35.5. The van der Waals surface area contributed by atoms with E-state index in [1.807, 2.05) is 35.8 Å². The molecule has 0 aliphatic heterocycles. The van der Waals surface area contributed by atoms with E-state index in [4.69, 9.17) is 16.1 Å². The molecule has 2 aromatic heterocycles. The molecule has 8 heteroatoms. The topological polar surface area (TPSA) is 85.8 Å². The Labute approximate surface area is 166 Å². The minimum absolute atomic E-state index is 0.0874. The largest absolute Gasteiger partial charge is 0.348 e. The maximum absolute atomic E-state index is 12.4. The van der Waals surface area contributed by atoms with Gasteiger partial charge in [0.05, 0.1) is 29.8 Å². The van der Waals surface area contributed by atoms with Crippen molar-refractivity contribution in [2.45, 2.75) is 20.0 Å². The van der Waals surface area contributed by atoms with E-state index >= 15 is 0 Å². The highest BCUT2D eigenvalue weighted by Gasteiger charge is 2.16. The van der Waals surface area contributed by atoms with Crippen molar-refractivity contribution in [3.05, 3.63) is 65.7 Å². The van der Waals surface area contributed by atoms with E-state index < -0.39 is 0 Å². The molecule has 142 valence electrons. The van der Waals surface area contributed by atoms with Crippen LogP contribution >= 0.6 is 11.6 Å². The van der Waals surface area contributed by atoms with Crippen LogP contribution in [0.2, 0.25) is 5.02 Å². The van der Waals surface area contributed by atoms with E-state index in [-0.39, 0.29) is 18.4 Å². The second-order valence-corrected chi connectivity index (χ2v) is 6.96. The van der Waals surface area contributed by atoms with Crippen molar-refractivity contribution in [1.29, 1.82) is 0 Å². The lowest BCUT2D eigenvalue weighted by atomic mass is 10.1. The van der Waals surface area contributed by atoms with Crippen molar-refractivity contribution in [3.8, 4) is 11.5 Å². The third kappa shape index (κ3) is 3.89. The predicted molar refractivity (Wildman–Crippen MR) is 105 cm³/mol. The van der Waals surface area contributed by atoms with E-state index in [0.29, 0.717) is 23.3 Å². The van der Waals surface area contributed by atoms with Gasteiger partial charge in [-0.15, -0.1) is 0 Å². The van der Waals surface area contributed by atoms with Gasteiger partial charge in [-0.2, -0.15) is 4.98 Å². The minimum atomic E-state index is -0.236. The van der Waals surface area contributed by atoms with Gasteiger partial charge in [-0.3, -0.25) is 4.79 Å². The fraction of sp³-hybridized carbons (Fsp3) is 0.200. The Balaban J connectivity index is 1.35. The van der Waals surface area contributed by atoms with E-state index in [1.165, 1.54) is 0 Å². The Morgan fingerprint density at radius 2 is 2.00 bits per heavy atom. The van der Waals surface area contributed by atoms with E-state index in [9.17, 15) is 4.79 Å². The van der Waals surface area contributed by atoms with Gasteiger partial charge in [0.15, 0.2) is 5.82 Å². The van der Waals surface area contributed by atoms with Gasteiger partial charge in [-0.25, -0.2) is 4.98 Å². The van der Waals surface area contributed by atoms with Gasteiger partial charge >= 0.3 is 0 Å². The summed E-state index contributed by atoms with van der Waals surface area (Å²) in [6, 6.07) is 15.0. The van der Waals surface area contributed by atoms with Crippen molar-refractivity contribution < 1.29 is 9.32 Å². The fourth-order valence-corrected chi connectivity index (χ4v) is 3.04. The Morgan fingerprint density at radius 1 is 1.21 bits per heavy atom. The standard InChI is InChI=1S/C20H18ClN5O2/c1-13(11-26-12-23-16-4-2-3-5-17(16)26)19(27)22-10-18-24-20(28-25-18)14-6-8-15(21)9-7-14/h2-9,12-13H,10-11H2,1H3,(H,22,27)/t13-/m1/s1. The van der Waals surface area contributed by atoms with Crippen molar-refractivity contribution in [1.82, 2.24) is 25.0 Å². The molecule has 4 aromatic rings. The molecule has 28 heavy (non-hydrogen) atoms. The average molecular weight is 396 g/mol. The van der Waals surface area contributed by atoms with Crippen LogP contribution in [-0.4, -0.2) is 25.6 Å². The van der Waals surface area contributed by atoms with Crippen LogP contribution in [0.25, 0.3) is 22.5 Å². The smallest absolute Gasteiger partial charge is 0.257 e. The van der Waals surface area contributed by atoms with Gasteiger partial charge in [-0.05, 0) is 36.4 Å². The molecule has 0 spiro atoms. The van der Waals surface area contributed by atoms with Crippen LogP contribution < -0.4 is 5.32 Å². The highest BCUT2D eigenvalue weighted by Crippen LogP contribution is 2.19. The van der Waals surface area contributed by atoms with Crippen molar-refractivity contribution in [2.75, 3.05) is 0 Å². The van der Waals surface area contributed by atoms with Crippen LogP contribution in [-0.2, 0) is 17.9 Å². The molecular formula is C20H18ClN5O2. The van der Waals surface area contributed by atoms with Gasteiger partial charge in [0.2, 0.25) is 5.91 Å². The first-order valence-electron chi connectivity index (χ1n) is 8.86. The quantitative estimate of drug-likeness (QED) is 0.538. The van der Waals surface area contributed by atoms with Crippen LogP contribution in [0.4, 0.5) is 0 Å². The molecule has 1 amide bonds. The van der Waals surface area contributed by atoms with Crippen LogP contribution in [0.15, 0.2) is 59.4 Å². The normalized spacial score (nSPS) is 12.2. The molecule has 4 rings (SSSR count). The number of carbonyl (C=O) groups excluding carboxylic acids is 1. The summed E-state index contributed by atoms with van der Waals surface area (Å²) in [5.74, 6) is 0.480. The van der Waals surface area contributed by atoms with E-state index in [2.05, 4.69) is 20.4 Å². The first kappa shape index (κ1) is 18.2. The monoisotopic (exact) mass is 395 g/mol. The second kappa shape index (κ2) is 7.82. The SMILES string of the molecule is C[C@H](Cn1cnc2ccccc21)C(=O)NCc1noc(-c2ccc(Cl)cc2)n1. The lowest BCUT2D eigenvalue weighted by molar-refractivity contribution is -0.125. The third-order valence-electron chi connectivity index (χ3n) is 4.43. The number of rotatable bonds is 6. The summed E-state index contributed by atoms with van der Waals surface area (Å²) in [5, 5.41) is 7.40. The molecule has 2 heterocycles. The average Bonchev–Trinajstić information content (AvgIpc) is 3.34. The molecule has 0 unspecified atom stereocenters. The van der Waals surface area contributed by atoms with Crippen molar-refractivity contribution in [3.63, 3.8) is 0 Å². The molecular weight excluding hydrogens is 378 g/mol. The summed E-state index contributed by atoms with van der Waals surface area (Å²) in [6.45, 7) is 2.61. The lowest BCUT2D eigenvalue weighted by Crippen LogP contribution is -2.31. The van der Waals surface area contributed by atoms with Gasteiger partial charge in [0, 0.05) is 17.1 Å².